The van der Waals surface area contributed by atoms with Gasteiger partial charge in [0.2, 0.25) is 0 Å². The average Bonchev–Trinajstić information content (AvgIpc) is 1.61. The topological polar surface area (TPSA) is 12.0 Å². The third-order valence-electron chi connectivity index (χ3n) is 1.34. The van der Waals surface area contributed by atoms with Crippen molar-refractivity contribution in [3.63, 3.8) is 0 Å². The van der Waals surface area contributed by atoms with Crippen LogP contribution in [0.15, 0.2) is 0 Å². The van der Waals surface area contributed by atoms with Crippen LogP contribution in [0, 0.1) is 0 Å². The molecule has 1 nitrogen and oxygen atoms in total. The fraction of sp³-hybridized carbons (Fsp3) is 1.00. The van der Waals surface area contributed by atoms with Crippen molar-refractivity contribution in [2.24, 2.45) is 0 Å². The Bertz CT molecular complexity index is 109. The first-order valence-corrected chi connectivity index (χ1v) is 5.19. The SMILES string of the molecule is CCNC(Cl)(Cl)C(C)(C)[SiH3]. The van der Waals surface area contributed by atoms with E-state index in [1.807, 2.05) is 6.92 Å². The summed E-state index contributed by atoms with van der Waals surface area (Å²) < 4.78 is -0.756. The minimum absolute atomic E-state index is 0.00607. The summed E-state index contributed by atoms with van der Waals surface area (Å²) >= 11 is 12.0. The molecule has 0 aliphatic carbocycles. The molecule has 0 rings (SSSR count). The maximum Gasteiger partial charge on any atom is 0.170 e. The van der Waals surface area contributed by atoms with Gasteiger partial charge in [-0.25, -0.2) is 0 Å². The van der Waals surface area contributed by atoms with Crippen LogP contribution in [0.1, 0.15) is 20.8 Å². The van der Waals surface area contributed by atoms with Gasteiger partial charge in [0, 0.05) is 10.2 Å². The van der Waals surface area contributed by atoms with E-state index in [4.69, 9.17) is 23.2 Å². The van der Waals surface area contributed by atoms with Crippen molar-refractivity contribution in [1.82, 2.24) is 5.32 Å². The van der Waals surface area contributed by atoms with Gasteiger partial charge in [-0.05, 0) is 11.6 Å². The molecule has 0 unspecified atom stereocenters. The smallest absolute Gasteiger partial charge is 0.170 e. The van der Waals surface area contributed by atoms with Crippen molar-refractivity contribution < 1.29 is 0 Å². The summed E-state index contributed by atoms with van der Waals surface area (Å²) in [6, 6.07) is 0. The predicted octanol–water partition coefficient (Wildman–Crippen LogP) is 1.29. The van der Waals surface area contributed by atoms with E-state index in [-0.39, 0.29) is 5.04 Å². The molecule has 10 heavy (non-hydrogen) atoms. The molecule has 0 heterocycles. The van der Waals surface area contributed by atoms with Crippen molar-refractivity contribution in [3.05, 3.63) is 0 Å². The summed E-state index contributed by atoms with van der Waals surface area (Å²) in [5, 5.41) is 3.03. The molecule has 0 aromatic carbocycles. The van der Waals surface area contributed by atoms with Crippen LogP contribution < -0.4 is 5.32 Å². The second kappa shape index (κ2) is 3.44. The molecule has 0 radical (unpaired) electrons. The number of rotatable bonds is 3. The summed E-state index contributed by atoms with van der Waals surface area (Å²) in [5.41, 5.74) is 0. The van der Waals surface area contributed by atoms with Gasteiger partial charge in [-0.2, -0.15) is 0 Å². The molecular formula is C6H15Cl2NSi. The number of nitrogens with one attached hydrogen (secondary N) is 1. The number of alkyl halides is 2. The Morgan fingerprint density at radius 3 is 1.90 bits per heavy atom. The van der Waals surface area contributed by atoms with E-state index in [1.54, 1.807) is 0 Å². The molecule has 0 bridgehead atoms. The third kappa shape index (κ3) is 2.78. The minimum atomic E-state index is -0.756. The lowest BCUT2D eigenvalue weighted by atomic mass is 10.2. The largest absolute Gasteiger partial charge is 0.286 e. The van der Waals surface area contributed by atoms with Crippen molar-refractivity contribution >= 4 is 33.4 Å². The molecule has 4 heteroatoms. The molecule has 0 aliphatic heterocycles. The molecule has 0 aromatic rings. The van der Waals surface area contributed by atoms with Crippen LogP contribution >= 0.6 is 23.2 Å². The van der Waals surface area contributed by atoms with E-state index in [0.717, 1.165) is 16.8 Å². The van der Waals surface area contributed by atoms with Crippen molar-refractivity contribution in [2.75, 3.05) is 6.54 Å². The van der Waals surface area contributed by atoms with Crippen LogP contribution in [0.4, 0.5) is 0 Å². The van der Waals surface area contributed by atoms with E-state index < -0.39 is 4.46 Å². The number of hydrogen-bond acceptors (Lipinski definition) is 1. The second-order valence-corrected chi connectivity index (χ2v) is 7.18. The van der Waals surface area contributed by atoms with E-state index in [2.05, 4.69) is 19.2 Å². The highest BCUT2D eigenvalue weighted by Gasteiger charge is 2.36. The summed E-state index contributed by atoms with van der Waals surface area (Å²) in [5.74, 6) is 0. The zero-order valence-corrected chi connectivity index (χ0v) is 10.5. The fourth-order valence-electron chi connectivity index (χ4n) is 0.487. The van der Waals surface area contributed by atoms with Crippen LogP contribution in [0.25, 0.3) is 0 Å². The summed E-state index contributed by atoms with van der Waals surface area (Å²) in [7, 11) is 0.974. The number of hydrogen-bond donors (Lipinski definition) is 1. The Hall–Kier alpha value is 0.757. The highest BCUT2D eigenvalue weighted by Crippen LogP contribution is 2.41. The molecular weight excluding hydrogens is 185 g/mol. The van der Waals surface area contributed by atoms with E-state index in [1.165, 1.54) is 0 Å². The Labute approximate surface area is 75.9 Å². The quantitative estimate of drug-likeness (QED) is 0.411. The van der Waals surface area contributed by atoms with Crippen LogP contribution in [-0.2, 0) is 0 Å². The van der Waals surface area contributed by atoms with Crippen LogP contribution in [0.2, 0.25) is 5.04 Å². The van der Waals surface area contributed by atoms with Gasteiger partial charge >= 0.3 is 0 Å². The lowest BCUT2D eigenvalue weighted by Gasteiger charge is -2.34. The van der Waals surface area contributed by atoms with Gasteiger partial charge in [0.15, 0.2) is 4.46 Å². The third-order valence-corrected chi connectivity index (χ3v) is 4.13. The van der Waals surface area contributed by atoms with Gasteiger partial charge in [-0.1, -0.05) is 44.0 Å². The van der Waals surface area contributed by atoms with Gasteiger partial charge in [0.05, 0.1) is 0 Å². The van der Waals surface area contributed by atoms with Crippen LogP contribution in [0.3, 0.4) is 0 Å². The number of halogens is 2. The van der Waals surface area contributed by atoms with Gasteiger partial charge in [0.25, 0.3) is 0 Å². The molecule has 0 atom stereocenters. The molecule has 0 fully saturated rings. The molecule has 1 N–H and O–H groups in total. The van der Waals surface area contributed by atoms with Crippen molar-refractivity contribution in [2.45, 2.75) is 30.3 Å². The molecule has 0 spiro atoms. The predicted molar refractivity (Wildman–Crippen MR) is 52.1 cm³/mol. The van der Waals surface area contributed by atoms with Crippen LogP contribution in [-0.4, -0.2) is 21.2 Å². The van der Waals surface area contributed by atoms with Crippen molar-refractivity contribution in [3.8, 4) is 0 Å². The standard InChI is InChI=1S/C6H15Cl2NSi/c1-4-9-6(7,8)5(2,3)10/h9H,4H2,1-3,10H3. The molecule has 0 aromatic heterocycles. The van der Waals surface area contributed by atoms with Crippen LogP contribution in [0.5, 0.6) is 0 Å². The Morgan fingerprint density at radius 1 is 1.40 bits per heavy atom. The lowest BCUT2D eigenvalue weighted by Crippen LogP contribution is -2.43. The molecule has 0 aliphatic rings. The zero-order valence-electron chi connectivity index (χ0n) is 6.96. The normalized spacial score (nSPS) is 14.1. The highest BCUT2D eigenvalue weighted by molar-refractivity contribution is 6.51. The maximum atomic E-state index is 6.00. The second-order valence-electron chi connectivity index (χ2n) is 3.35. The monoisotopic (exact) mass is 199 g/mol. The van der Waals surface area contributed by atoms with E-state index in [9.17, 15) is 0 Å². The minimum Gasteiger partial charge on any atom is -0.286 e. The van der Waals surface area contributed by atoms with Gasteiger partial charge < -0.3 is 0 Å². The summed E-state index contributed by atoms with van der Waals surface area (Å²) in [6.45, 7) is 6.91. The fourth-order valence-corrected chi connectivity index (χ4v) is 0.931. The Balaban J connectivity index is 4.10. The Morgan fingerprint density at radius 2 is 1.80 bits per heavy atom. The maximum absolute atomic E-state index is 6.00. The van der Waals surface area contributed by atoms with Gasteiger partial charge in [-0.15, -0.1) is 0 Å². The van der Waals surface area contributed by atoms with Crippen molar-refractivity contribution in [1.29, 1.82) is 0 Å². The zero-order chi connectivity index (χ0) is 8.41. The highest BCUT2D eigenvalue weighted by atomic mass is 35.5. The lowest BCUT2D eigenvalue weighted by molar-refractivity contribution is 0.489. The molecule has 0 saturated heterocycles. The first-order chi connectivity index (χ1) is 4.31. The first kappa shape index (κ1) is 10.8. The first-order valence-electron chi connectivity index (χ1n) is 3.44. The summed E-state index contributed by atoms with van der Waals surface area (Å²) in [6.07, 6.45) is 0. The molecule has 0 saturated carbocycles. The summed E-state index contributed by atoms with van der Waals surface area (Å²) in [4.78, 5) is 0. The van der Waals surface area contributed by atoms with Gasteiger partial charge in [-0.3, -0.25) is 5.32 Å². The molecule has 62 valence electrons. The van der Waals surface area contributed by atoms with E-state index in [0.29, 0.717) is 0 Å². The van der Waals surface area contributed by atoms with E-state index >= 15 is 0 Å². The molecule has 0 amide bonds. The average molecular weight is 200 g/mol. The van der Waals surface area contributed by atoms with Gasteiger partial charge in [0.1, 0.15) is 0 Å². The Kier molecular flexibility index (Phi) is 3.70.